The van der Waals surface area contributed by atoms with Crippen molar-refractivity contribution in [3.63, 3.8) is 0 Å². The fourth-order valence-electron chi connectivity index (χ4n) is 1.74. The van der Waals surface area contributed by atoms with E-state index in [1.54, 1.807) is 12.1 Å². The number of nitrogens with one attached hydrogen (secondary N) is 2. The van der Waals surface area contributed by atoms with Gasteiger partial charge in [0.25, 0.3) is 0 Å². The van der Waals surface area contributed by atoms with Crippen LogP contribution >= 0.6 is 11.8 Å². The Morgan fingerprint density at radius 2 is 2.14 bits per heavy atom. The second-order valence-corrected chi connectivity index (χ2v) is 5.06. The molecular weight excluding hydrogens is 293 g/mol. The summed E-state index contributed by atoms with van der Waals surface area (Å²) in [6.45, 7) is 0. The Morgan fingerprint density at radius 1 is 1.29 bits per heavy atom. The number of hydrogen-bond acceptors (Lipinski definition) is 5. The molecule has 0 spiro atoms. The van der Waals surface area contributed by atoms with Gasteiger partial charge in [-0.05, 0) is 12.1 Å². The number of thioether (sulfide) groups is 1. The molecule has 0 atom stereocenters. The van der Waals surface area contributed by atoms with Crippen LogP contribution in [0.3, 0.4) is 0 Å². The van der Waals surface area contributed by atoms with Gasteiger partial charge in [0.1, 0.15) is 22.7 Å². The van der Waals surface area contributed by atoms with Gasteiger partial charge >= 0.3 is 0 Å². The minimum atomic E-state index is -0.464. The second-order valence-electron chi connectivity index (χ2n) is 4.10. The van der Waals surface area contributed by atoms with Crippen molar-refractivity contribution in [2.24, 2.45) is 0 Å². The first kappa shape index (κ1) is 13.5. The number of benzene rings is 1. The van der Waals surface area contributed by atoms with Crippen LogP contribution in [0.1, 0.15) is 0 Å². The molecular formula is C13H10FN5OS. The number of hydrogen-bond donors (Lipinski definition) is 2. The van der Waals surface area contributed by atoms with E-state index < -0.39 is 5.82 Å². The summed E-state index contributed by atoms with van der Waals surface area (Å²) in [5.41, 5.74) is 1.39. The first-order valence-electron chi connectivity index (χ1n) is 6.05. The van der Waals surface area contributed by atoms with Gasteiger partial charge in [0.15, 0.2) is 5.65 Å². The monoisotopic (exact) mass is 303 g/mol. The molecule has 2 heterocycles. The van der Waals surface area contributed by atoms with Crippen LogP contribution in [0.2, 0.25) is 0 Å². The number of amides is 1. The minimum Gasteiger partial charge on any atom is -0.341 e. The molecule has 0 aliphatic heterocycles. The van der Waals surface area contributed by atoms with Crippen LogP contribution in [-0.4, -0.2) is 31.6 Å². The Labute approximate surface area is 123 Å². The summed E-state index contributed by atoms with van der Waals surface area (Å²) < 4.78 is 13.4. The highest BCUT2D eigenvalue weighted by atomic mass is 32.2. The zero-order valence-electron chi connectivity index (χ0n) is 10.7. The van der Waals surface area contributed by atoms with Crippen molar-refractivity contribution in [1.29, 1.82) is 0 Å². The van der Waals surface area contributed by atoms with Gasteiger partial charge in [-0.1, -0.05) is 23.9 Å². The normalized spacial score (nSPS) is 10.7. The number of aromatic nitrogens is 4. The molecule has 8 heteroatoms. The van der Waals surface area contributed by atoms with E-state index in [-0.39, 0.29) is 17.3 Å². The van der Waals surface area contributed by atoms with Crippen molar-refractivity contribution < 1.29 is 9.18 Å². The van der Waals surface area contributed by atoms with Gasteiger partial charge in [-0.15, -0.1) is 0 Å². The van der Waals surface area contributed by atoms with E-state index in [0.717, 1.165) is 0 Å². The third-order valence-corrected chi connectivity index (χ3v) is 3.67. The third kappa shape index (κ3) is 3.00. The molecule has 0 fully saturated rings. The smallest absolute Gasteiger partial charge is 0.234 e. The van der Waals surface area contributed by atoms with E-state index >= 15 is 0 Å². The molecule has 6 nitrogen and oxygen atoms in total. The molecule has 0 aliphatic carbocycles. The standard InChI is InChI=1S/C13H10FN5OS/c14-8-3-1-2-4-9(8)19-10(20)5-21-13-11-12(16-6-15-11)17-7-18-13/h1-4,6-7H,5H2,(H,19,20)(H,15,16,17,18). The number of aromatic amines is 1. The SMILES string of the molecule is O=C(CSc1ncnc2nc[nH]c12)Nc1ccccc1F. The molecule has 0 aliphatic rings. The minimum absolute atomic E-state index is 0.111. The van der Waals surface area contributed by atoms with E-state index in [0.29, 0.717) is 16.2 Å². The van der Waals surface area contributed by atoms with Crippen LogP contribution < -0.4 is 5.32 Å². The number of anilines is 1. The Hall–Kier alpha value is -2.48. The van der Waals surface area contributed by atoms with E-state index in [4.69, 9.17) is 0 Å². The predicted octanol–water partition coefficient (Wildman–Crippen LogP) is 2.22. The summed E-state index contributed by atoms with van der Waals surface area (Å²) in [6.07, 6.45) is 2.91. The fraction of sp³-hybridized carbons (Fsp3) is 0.0769. The van der Waals surface area contributed by atoms with Crippen LogP contribution in [0.4, 0.5) is 10.1 Å². The lowest BCUT2D eigenvalue weighted by Crippen LogP contribution is -2.15. The highest BCUT2D eigenvalue weighted by Crippen LogP contribution is 2.22. The van der Waals surface area contributed by atoms with Gasteiger partial charge in [-0.3, -0.25) is 4.79 Å². The molecule has 21 heavy (non-hydrogen) atoms. The number of carbonyl (C=O) groups is 1. The number of nitrogens with zero attached hydrogens (tertiary/aromatic N) is 3. The van der Waals surface area contributed by atoms with Crippen LogP contribution in [-0.2, 0) is 4.79 Å². The van der Waals surface area contributed by atoms with Crippen molar-refractivity contribution in [3.8, 4) is 0 Å². The van der Waals surface area contributed by atoms with Gasteiger partial charge in [0, 0.05) is 0 Å². The zero-order chi connectivity index (χ0) is 14.7. The van der Waals surface area contributed by atoms with Crippen LogP contribution in [0.5, 0.6) is 0 Å². The summed E-state index contributed by atoms with van der Waals surface area (Å²) in [4.78, 5) is 26.9. The Morgan fingerprint density at radius 3 is 3.00 bits per heavy atom. The number of H-pyrrole nitrogens is 1. The molecule has 2 N–H and O–H groups in total. The topological polar surface area (TPSA) is 83.6 Å². The fourth-order valence-corrected chi connectivity index (χ4v) is 2.49. The van der Waals surface area contributed by atoms with Crippen LogP contribution in [0.15, 0.2) is 41.9 Å². The molecule has 0 radical (unpaired) electrons. The Kier molecular flexibility index (Phi) is 3.78. The van der Waals surface area contributed by atoms with Crippen LogP contribution in [0, 0.1) is 5.82 Å². The maximum atomic E-state index is 13.4. The van der Waals surface area contributed by atoms with Crippen molar-refractivity contribution in [1.82, 2.24) is 19.9 Å². The van der Waals surface area contributed by atoms with Gasteiger partial charge in [0.2, 0.25) is 5.91 Å². The Bertz CT molecular complexity index is 791. The summed E-state index contributed by atoms with van der Waals surface area (Å²) in [7, 11) is 0. The second kappa shape index (κ2) is 5.88. The van der Waals surface area contributed by atoms with Gasteiger partial charge in [-0.2, -0.15) is 0 Å². The molecule has 0 saturated carbocycles. The summed E-state index contributed by atoms with van der Waals surface area (Å²) in [5.74, 6) is -0.662. The van der Waals surface area contributed by atoms with Gasteiger partial charge in [-0.25, -0.2) is 19.3 Å². The maximum Gasteiger partial charge on any atom is 0.234 e. The summed E-state index contributed by atoms with van der Waals surface area (Å²) in [6, 6.07) is 6.02. The largest absolute Gasteiger partial charge is 0.341 e. The highest BCUT2D eigenvalue weighted by Gasteiger charge is 2.10. The van der Waals surface area contributed by atoms with Crippen molar-refractivity contribution in [2.45, 2.75) is 5.03 Å². The lowest BCUT2D eigenvalue weighted by atomic mass is 10.3. The summed E-state index contributed by atoms with van der Waals surface area (Å²) >= 11 is 1.23. The van der Waals surface area contributed by atoms with Crippen LogP contribution in [0.25, 0.3) is 11.2 Å². The number of halogens is 1. The number of rotatable bonds is 4. The number of imidazole rings is 1. The van der Waals surface area contributed by atoms with Gasteiger partial charge in [0.05, 0.1) is 17.8 Å². The molecule has 3 rings (SSSR count). The zero-order valence-corrected chi connectivity index (χ0v) is 11.5. The van der Waals surface area contributed by atoms with E-state index in [1.165, 1.54) is 36.5 Å². The van der Waals surface area contributed by atoms with Crippen molar-refractivity contribution >= 4 is 34.5 Å². The number of para-hydroxylation sites is 1. The predicted molar refractivity (Wildman–Crippen MR) is 77.4 cm³/mol. The average Bonchev–Trinajstić information content (AvgIpc) is 2.96. The Balaban J connectivity index is 1.66. The number of carbonyl (C=O) groups excluding carboxylic acids is 1. The highest BCUT2D eigenvalue weighted by molar-refractivity contribution is 8.00. The lowest BCUT2D eigenvalue weighted by molar-refractivity contribution is -0.113. The molecule has 2 aromatic heterocycles. The molecule has 1 amide bonds. The molecule has 0 saturated heterocycles. The molecule has 1 aromatic carbocycles. The quantitative estimate of drug-likeness (QED) is 0.570. The number of fused-ring (bicyclic) bond motifs is 1. The molecule has 3 aromatic rings. The van der Waals surface area contributed by atoms with Crippen molar-refractivity contribution in [2.75, 3.05) is 11.1 Å². The lowest BCUT2D eigenvalue weighted by Gasteiger charge is -2.05. The molecule has 0 unspecified atom stereocenters. The third-order valence-electron chi connectivity index (χ3n) is 2.68. The first-order chi connectivity index (χ1) is 10.2. The summed E-state index contributed by atoms with van der Waals surface area (Å²) in [5, 5.41) is 3.14. The van der Waals surface area contributed by atoms with Gasteiger partial charge < -0.3 is 10.3 Å². The molecule has 106 valence electrons. The van der Waals surface area contributed by atoms with Crippen molar-refractivity contribution in [3.05, 3.63) is 42.7 Å². The van der Waals surface area contributed by atoms with E-state index in [1.807, 2.05) is 0 Å². The van der Waals surface area contributed by atoms with E-state index in [2.05, 4.69) is 25.3 Å². The average molecular weight is 303 g/mol. The first-order valence-corrected chi connectivity index (χ1v) is 7.04. The maximum absolute atomic E-state index is 13.4. The van der Waals surface area contributed by atoms with E-state index in [9.17, 15) is 9.18 Å². The molecule has 0 bridgehead atoms.